The van der Waals surface area contributed by atoms with Crippen LogP contribution in [0.3, 0.4) is 0 Å². The smallest absolute Gasteiger partial charge is 0.164 e. The molecule has 0 atom stereocenters. The topological polar surface area (TPSA) is 90.2 Å². The Labute approximate surface area is 134 Å². The van der Waals surface area contributed by atoms with Gasteiger partial charge in [0, 0.05) is 22.6 Å². The number of aryl methyl sites for hydroxylation is 2. The molecule has 114 valence electrons. The lowest BCUT2D eigenvalue weighted by Crippen LogP contribution is -2.18. The molecule has 1 aromatic heterocycles. The number of halogens is 1. The number of hydrogen-bond donors (Lipinski definition) is 2. The van der Waals surface area contributed by atoms with Gasteiger partial charge in [-0.05, 0) is 37.6 Å². The van der Waals surface area contributed by atoms with Crippen molar-refractivity contribution < 1.29 is 0 Å². The highest BCUT2D eigenvalue weighted by molar-refractivity contribution is 6.30. The van der Waals surface area contributed by atoms with E-state index in [1.807, 2.05) is 44.2 Å². The Balaban J connectivity index is 2.25. The fraction of sp³-hybridized carbons (Fsp3) is 0.188. The lowest BCUT2D eigenvalue weighted by molar-refractivity contribution is 1.02. The Morgan fingerprint density at radius 3 is 2.50 bits per heavy atom. The molecule has 0 saturated carbocycles. The number of nitrogens with two attached hydrogens (primary N) is 2. The fourth-order valence-electron chi connectivity index (χ4n) is 2.02. The summed E-state index contributed by atoms with van der Waals surface area (Å²) in [5.41, 5.74) is 14.9. The van der Waals surface area contributed by atoms with Gasteiger partial charge in [0.15, 0.2) is 5.82 Å². The molecular formula is C16H18ClN5. The highest BCUT2D eigenvalue weighted by atomic mass is 35.5. The summed E-state index contributed by atoms with van der Waals surface area (Å²) in [5, 5.41) is 0.665. The van der Waals surface area contributed by atoms with E-state index in [0.29, 0.717) is 28.8 Å². The van der Waals surface area contributed by atoms with E-state index in [2.05, 4.69) is 15.0 Å². The predicted molar refractivity (Wildman–Crippen MR) is 90.4 cm³/mol. The first-order chi connectivity index (χ1) is 10.5. The van der Waals surface area contributed by atoms with Crippen LogP contribution in [0, 0.1) is 13.8 Å². The Kier molecular flexibility index (Phi) is 5.12. The Bertz CT molecular complexity index is 717. The van der Waals surface area contributed by atoms with Crippen molar-refractivity contribution in [3.05, 3.63) is 64.3 Å². The van der Waals surface area contributed by atoms with E-state index in [4.69, 9.17) is 23.1 Å². The van der Waals surface area contributed by atoms with Crippen LogP contribution in [0.1, 0.15) is 22.8 Å². The molecule has 22 heavy (non-hydrogen) atoms. The Morgan fingerprint density at radius 1 is 1.23 bits per heavy atom. The maximum absolute atomic E-state index is 6.04. The quantitative estimate of drug-likeness (QED) is 0.670. The SMILES string of the molecule is Cc1cc(C)nc(C(=CN)C(N)=NCc2cccc(Cl)c2)n1. The minimum absolute atomic E-state index is 0.299. The van der Waals surface area contributed by atoms with E-state index in [1.165, 1.54) is 6.20 Å². The van der Waals surface area contributed by atoms with Crippen LogP contribution in [-0.4, -0.2) is 15.8 Å². The summed E-state index contributed by atoms with van der Waals surface area (Å²) in [4.78, 5) is 13.1. The third kappa shape index (κ3) is 4.05. The number of nitrogens with zero attached hydrogens (tertiary/aromatic N) is 3. The maximum Gasteiger partial charge on any atom is 0.164 e. The van der Waals surface area contributed by atoms with E-state index in [1.54, 1.807) is 0 Å². The van der Waals surface area contributed by atoms with Gasteiger partial charge in [-0.15, -0.1) is 0 Å². The molecule has 0 spiro atoms. The molecule has 4 N–H and O–H groups in total. The van der Waals surface area contributed by atoms with Gasteiger partial charge in [0.1, 0.15) is 5.84 Å². The van der Waals surface area contributed by atoms with Crippen molar-refractivity contribution in [1.82, 2.24) is 9.97 Å². The van der Waals surface area contributed by atoms with Gasteiger partial charge in [0.25, 0.3) is 0 Å². The summed E-state index contributed by atoms with van der Waals surface area (Å²) in [7, 11) is 0. The van der Waals surface area contributed by atoms with E-state index in [9.17, 15) is 0 Å². The third-order valence-corrected chi connectivity index (χ3v) is 3.22. The van der Waals surface area contributed by atoms with Gasteiger partial charge in [0.2, 0.25) is 0 Å². The molecule has 6 heteroatoms. The van der Waals surface area contributed by atoms with E-state index in [0.717, 1.165) is 17.0 Å². The number of amidine groups is 1. The average Bonchev–Trinajstić information content (AvgIpc) is 2.45. The van der Waals surface area contributed by atoms with Gasteiger partial charge < -0.3 is 11.5 Å². The highest BCUT2D eigenvalue weighted by Crippen LogP contribution is 2.14. The molecular weight excluding hydrogens is 298 g/mol. The van der Waals surface area contributed by atoms with E-state index >= 15 is 0 Å². The van der Waals surface area contributed by atoms with Gasteiger partial charge >= 0.3 is 0 Å². The van der Waals surface area contributed by atoms with Crippen LogP contribution in [0.2, 0.25) is 5.02 Å². The monoisotopic (exact) mass is 315 g/mol. The largest absolute Gasteiger partial charge is 0.404 e. The van der Waals surface area contributed by atoms with Crippen LogP contribution in [0.4, 0.5) is 0 Å². The number of aliphatic imine (C=N–C) groups is 1. The minimum Gasteiger partial charge on any atom is -0.404 e. The number of hydrogen-bond acceptors (Lipinski definition) is 4. The van der Waals surface area contributed by atoms with Gasteiger partial charge in [0.05, 0.1) is 12.1 Å². The van der Waals surface area contributed by atoms with Crippen LogP contribution < -0.4 is 11.5 Å². The molecule has 0 aliphatic heterocycles. The zero-order valence-electron chi connectivity index (χ0n) is 12.5. The molecule has 0 unspecified atom stereocenters. The van der Waals surface area contributed by atoms with Crippen LogP contribution in [-0.2, 0) is 6.54 Å². The van der Waals surface area contributed by atoms with Crippen LogP contribution in [0.15, 0.2) is 41.5 Å². The van der Waals surface area contributed by atoms with E-state index < -0.39 is 0 Å². The molecule has 0 saturated heterocycles. The molecule has 0 fully saturated rings. The molecule has 0 aliphatic carbocycles. The summed E-state index contributed by atoms with van der Waals surface area (Å²) in [6.07, 6.45) is 1.38. The third-order valence-electron chi connectivity index (χ3n) is 2.99. The van der Waals surface area contributed by atoms with Crippen molar-refractivity contribution >= 4 is 23.0 Å². The molecule has 1 heterocycles. The fourth-order valence-corrected chi connectivity index (χ4v) is 2.23. The average molecular weight is 316 g/mol. The molecule has 0 radical (unpaired) electrons. The van der Waals surface area contributed by atoms with Crippen LogP contribution in [0.5, 0.6) is 0 Å². The second-order valence-corrected chi connectivity index (χ2v) is 5.32. The molecule has 2 rings (SSSR count). The molecule has 5 nitrogen and oxygen atoms in total. The number of aromatic nitrogens is 2. The summed E-state index contributed by atoms with van der Waals surface area (Å²) < 4.78 is 0. The van der Waals surface area contributed by atoms with Crippen molar-refractivity contribution in [3.8, 4) is 0 Å². The van der Waals surface area contributed by atoms with Crippen molar-refractivity contribution in [3.63, 3.8) is 0 Å². The zero-order chi connectivity index (χ0) is 16.1. The maximum atomic E-state index is 6.04. The van der Waals surface area contributed by atoms with Crippen molar-refractivity contribution in [1.29, 1.82) is 0 Å². The van der Waals surface area contributed by atoms with Gasteiger partial charge in [-0.2, -0.15) is 0 Å². The Morgan fingerprint density at radius 2 is 1.91 bits per heavy atom. The zero-order valence-corrected chi connectivity index (χ0v) is 13.3. The molecule has 2 aromatic rings. The molecule has 0 amide bonds. The highest BCUT2D eigenvalue weighted by Gasteiger charge is 2.10. The van der Waals surface area contributed by atoms with Crippen LogP contribution >= 0.6 is 11.6 Å². The second-order valence-electron chi connectivity index (χ2n) is 4.89. The number of benzene rings is 1. The second kappa shape index (κ2) is 7.04. The summed E-state index contributed by atoms with van der Waals surface area (Å²) in [5.74, 6) is 0.778. The minimum atomic E-state index is 0.299. The molecule has 0 bridgehead atoms. The van der Waals surface area contributed by atoms with E-state index in [-0.39, 0.29) is 0 Å². The van der Waals surface area contributed by atoms with Gasteiger partial charge in [-0.3, -0.25) is 4.99 Å². The van der Waals surface area contributed by atoms with Gasteiger partial charge in [-0.1, -0.05) is 23.7 Å². The molecule has 0 aliphatic rings. The predicted octanol–water partition coefficient (Wildman–Crippen LogP) is 2.60. The number of rotatable bonds is 4. The van der Waals surface area contributed by atoms with Crippen molar-refractivity contribution in [2.24, 2.45) is 16.5 Å². The lowest BCUT2D eigenvalue weighted by Gasteiger charge is -2.07. The summed E-state index contributed by atoms with van der Waals surface area (Å²) in [6, 6.07) is 9.35. The standard InChI is InChI=1S/C16H18ClN5/c1-10-6-11(2)22-16(21-10)14(8-18)15(19)20-9-12-4-3-5-13(17)7-12/h3-8H,9,18H2,1-2H3,(H2,19,20). The lowest BCUT2D eigenvalue weighted by atomic mass is 10.2. The first kappa shape index (κ1) is 16.0. The van der Waals surface area contributed by atoms with Crippen molar-refractivity contribution in [2.45, 2.75) is 20.4 Å². The summed E-state index contributed by atoms with van der Waals surface area (Å²) in [6.45, 7) is 4.20. The van der Waals surface area contributed by atoms with Crippen molar-refractivity contribution in [2.75, 3.05) is 0 Å². The Hall–Kier alpha value is -2.40. The first-order valence-electron chi connectivity index (χ1n) is 6.79. The van der Waals surface area contributed by atoms with Crippen LogP contribution in [0.25, 0.3) is 5.57 Å². The van der Waals surface area contributed by atoms with Gasteiger partial charge in [-0.25, -0.2) is 9.97 Å². The normalized spacial score (nSPS) is 12.5. The summed E-state index contributed by atoms with van der Waals surface area (Å²) >= 11 is 5.95. The first-order valence-corrected chi connectivity index (χ1v) is 7.16. The molecule has 1 aromatic carbocycles.